The molecule has 1 aromatic rings. The first kappa shape index (κ1) is 15.1. The fourth-order valence-electron chi connectivity index (χ4n) is 5.49. The van der Waals surface area contributed by atoms with Crippen molar-refractivity contribution in [2.45, 2.75) is 38.6 Å². The minimum atomic E-state index is -0.143. The molecule has 2 saturated carbocycles. The van der Waals surface area contributed by atoms with E-state index in [1.54, 1.807) is 5.57 Å². The molecule has 4 atom stereocenters. The molecule has 25 heavy (non-hydrogen) atoms. The van der Waals surface area contributed by atoms with Crippen molar-refractivity contribution in [3.05, 3.63) is 59.2 Å². The van der Waals surface area contributed by atoms with Crippen molar-refractivity contribution in [3.63, 3.8) is 0 Å². The number of benzene rings is 1. The van der Waals surface area contributed by atoms with Gasteiger partial charge in [0.2, 0.25) is 11.8 Å². The van der Waals surface area contributed by atoms with Gasteiger partial charge in [0.05, 0.1) is 18.4 Å². The molecule has 1 aliphatic heterocycles. The summed E-state index contributed by atoms with van der Waals surface area (Å²) in [6.45, 7) is 0.414. The van der Waals surface area contributed by atoms with Crippen LogP contribution in [0, 0.1) is 23.7 Å². The van der Waals surface area contributed by atoms with Crippen molar-refractivity contribution in [2.75, 3.05) is 0 Å². The standard InChI is InChI=1S/C22H23NO2/c24-21-19-16-11-12-17(18(16)15-9-5-2-6-10-15)20(19)22(25)23(21)13-14-7-3-1-4-8-14/h1,3-4,7-8,11-12,16-17,19-20H,2,5-6,9-10,13H2/t16-,17+,19-,20+. The van der Waals surface area contributed by atoms with Crippen molar-refractivity contribution < 1.29 is 9.59 Å². The molecule has 0 unspecified atom stereocenters. The normalized spacial score (nSPS) is 33.5. The van der Waals surface area contributed by atoms with Gasteiger partial charge in [-0.05, 0) is 31.2 Å². The Balaban J connectivity index is 1.45. The Morgan fingerprint density at radius 2 is 1.44 bits per heavy atom. The molecule has 3 aliphatic carbocycles. The zero-order chi connectivity index (χ0) is 17.0. The summed E-state index contributed by atoms with van der Waals surface area (Å²) in [7, 11) is 0. The van der Waals surface area contributed by atoms with Gasteiger partial charge in [0.15, 0.2) is 0 Å². The molecule has 3 fully saturated rings. The van der Waals surface area contributed by atoms with Gasteiger partial charge < -0.3 is 0 Å². The van der Waals surface area contributed by atoms with Crippen LogP contribution in [-0.2, 0) is 16.1 Å². The van der Waals surface area contributed by atoms with Gasteiger partial charge in [-0.1, -0.05) is 60.1 Å². The number of hydrogen-bond donors (Lipinski definition) is 0. The maximum atomic E-state index is 13.1. The van der Waals surface area contributed by atoms with Crippen LogP contribution in [0.25, 0.3) is 0 Å². The summed E-state index contributed by atoms with van der Waals surface area (Å²) in [5.41, 5.74) is 4.02. The van der Waals surface area contributed by atoms with Crippen LogP contribution in [0.4, 0.5) is 0 Å². The lowest BCUT2D eigenvalue weighted by atomic mass is 9.85. The summed E-state index contributed by atoms with van der Waals surface area (Å²) in [6.07, 6.45) is 10.6. The number of carbonyl (C=O) groups is 2. The fourth-order valence-corrected chi connectivity index (χ4v) is 5.49. The summed E-state index contributed by atoms with van der Waals surface area (Å²) < 4.78 is 0. The summed E-state index contributed by atoms with van der Waals surface area (Å²) >= 11 is 0. The van der Waals surface area contributed by atoms with E-state index in [9.17, 15) is 9.59 Å². The Kier molecular flexibility index (Phi) is 3.44. The summed E-state index contributed by atoms with van der Waals surface area (Å²) in [5.74, 6) is 0.168. The number of nitrogens with zero attached hydrogens (tertiary/aromatic N) is 1. The quantitative estimate of drug-likeness (QED) is 0.609. The van der Waals surface area contributed by atoms with Crippen LogP contribution in [0.5, 0.6) is 0 Å². The molecule has 1 aromatic carbocycles. The first-order valence-corrected chi connectivity index (χ1v) is 9.55. The highest BCUT2D eigenvalue weighted by Crippen LogP contribution is 2.57. The molecule has 5 rings (SSSR count). The third-order valence-electron chi connectivity index (χ3n) is 6.56. The Morgan fingerprint density at radius 1 is 0.840 bits per heavy atom. The van der Waals surface area contributed by atoms with Crippen molar-refractivity contribution in [1.82, 2.24) is 4.90 Å². The molecule has 0 spiro atoms. The first-order valence-electron chi connectivity index (χ1n) is 9.55. The van der Waals surface area contributed by atoms with Gasteiger partial charge in [-0.25, -0.2) is 0 Å². The molecule has 128 valence electrons. The zero-order valence-electron chi connectivity index (χ0n) is 14.4. The minimum Gasteiger partial charge on any atom is -0.278 e. The number of imide groups is 1. The average molecular weight is 333 g/mol. The summed E-state index contributed by atoms with van der Waals surface area (Å²) in [6, 6.07) is 9.84. The predicted octanol–water partition coefficient (Wildman–Crippen LogP) is 3.86. The smallest absolute Gasteiger partial charge is 0.234 e. The van der Waals surface area contributed by atoms with Crippen LogP contribution in [0.1, 0.15) is 37.7 Å². The molecule has 0 N–H and O–H groups in total. The van der Waals surface area contributed by atoms with E-state index in [0.717, 1.165) is 5.56 Å². The van der Waals surface area contributed by atoms with Crippen LogP contribution in [0.2, 0.25) is 0 Å². The van der Waals surface area contributed by atoms with Gasteiger partial charge in [-0.2, -0.15) is 0 Å². The number of amides is 2. The second kappa shape index (κ2) is 5.69. The highest BCUT2D eigenvalue weighted by Gasteiger charge is 2.61. The van der Waals surface area contributed by atoms with E-state index in [1.807, 2.05) is 30.3 Å². The first-order chi connectivity index (χ1) is 12.3. The van der Waals surface area contributed by atoms with E-state index in [-0.39, 0.29) is 35.5 Å². The number of fused-ring (bicyclic) bond motifs is 5. The molecule has 3 heteroatoms. The Hall–Kier alpha value is -2.16. The number of allylic oxidation sites excluding steroid dienone is 4. The van der Waals surface area contributed by atoms with Crippen LogP contribution in [-0.4, -0.2) is 16.7 Å². The largest absolute Gasteiger partial charge is 0.278 e. The van der Waals surface area contributed by atoms with Crippen LogP contribution < -0.4 is 0 Å². The second-order valence-corrected chi connectivity index (χ2v) is 7.86. The molecule has 2 bridgehead atoms. The molecule has 1 saturated heterocycles. The van der Waals surface area contributed by atoms with Crippen molar-refractivity contribution >= 4 is 11.8 Å². The van der Waals surface area contributed by atoms with Crippen LogP contribution in [0.15, 0.2) is 53.6 Å². The van der Waals surface area contributed by atoms with Gasteiger partial charge in [0.1, 0.15) is 0 Å². The lowest BCUT2D eigenvalue weighted by molar-refractivity contribution is -0.141. The number of carbonyl (C=O) groups excluding carboxylic acids is 2. The highest BCUT2D eigenvalue weighted by atomic mass is 16.2. The Morgan fingerprint density at radius 3 is 2.04 bits per heavy atom. The van der Waals surface area contributed by atoms with Gasteiger partial charge in [0, 0.05) is 11.8 Å². The molecule has 1 heterocycles. The van der Waals surface area contributed by atoms with Crippen molar-refractivity contribution in [2.24, 2.45) is 23.7 Å². The number of rotatable bonds is 2. The van der Waals surface area contributed by atoms with Gasteiger partial charge in [0.25, 0.3) is 0 Å². The molecule has 0 radical (unpaired) electrons. The third kappa shape index (κ3) is 2.18. The average Bonchev–Trinajstić information content (AvgIpc) is 3.29. The SMILES string of the molecule is O=C1[C@@H]2[C@H](C(=O)N1Cc1ccccc1)[C@@H]1C=C[C@H]2C1=C1CCCCC1. The zero-order valence-corrected chi connectivity index (χ0v) is 14.4. The minimum absolute atomic E-state index is 0.0459. The second-order valence-electron chi connectivity index (χ2n) is 7.86. The highest BCUT2D eigenvalue weighted by molar-refractivity contribution is 6.07. The van der Waals surface area contributed by atoms with Gasteiger partial charge in [-0.15, -0.1) is 0 Å². The molecular weight excluding hydrogens is 310 g/mol. The van der Waals surface area contributed by atoms with Crippen LogP contribution in [0.3, 0.4) is 0 Å². The lowest BCUT2D eigenvalue weighted by Gasteiger charge is -2.23. The van der Waals surface area contributed by atoms with E-state index in [1.165, 1.54) is 42.6 Å². The van der Waals surface area contributed by atoms with Gasteiger partial charge >= 0.3 is 0 Å². The molecule has 4 aliphatic rings. The third-order valence-corrected chi connectivity index (χ3v) is 6.56. The fraction of sp³-hybridized carbons (Fsp3) is 0.455. The topological polar surface area (TPSA) is 37.4 Å². The van der Waals surface area contributed by atoms with E-state index in [4.69, 9.17) is 0 Å². The van der Waals surface area contributed by atoms with E-state index >= 15 is 0 Å². The number of hydrogen-bond acceptors (Lipinski definition) is 2. The molecule has 2 amide bonds. The molecular formula is C22H23NO2. The maximum absolute atomic E-state index is 13.1. The van der Waals surface area contributed by atoms with Crippen LogP contribution >= 0.6 is 0 Å². The van der Waals surface area contributed by atoms with Crippen molar-refractivity contribution in [3.8, 4) is 0 Å². The van der Waals surface area contributed by atoms with E-state index in [0.29, 0.717) is 6.54 Å². The molecule has 0 aromatic heterocycles. The van der Waals surface area contributed by atoms with E-state index in [2.05, 4.69) is 12.2 Å². The monoisotopic (exact) mass is 333 g/mol. The Labute approximate surface area is 148 Å². The van der Waals surface area contributed by atoms with E-state index < -0.39 is 0 Å². The lowest BCUT2D eigenvalue weighted by Crippen LogP contribution is -2.32. The molecule has 3 nitrogen and oxygen atoms in total. The Bertz CT molecular complexity index is 750. The van der Waals surface area contributed by atoms with Crippen molar-refractivity contribution in [1.29, 1.82) is 0 Å². The van der Waals surface area contributed by atoms with Gasteiger partial charge in [-0.3, -0.25) is 14.5 Å². The predicted molar refractivity (Wildman–Crippen MR) is 95.2 cm³/mol. The summed E-state index contributed by atoms with van der Waals surface area (Å²) in [4.78, 5) is 27.7. The summed E-state index contributed by atoms with van der Waals surface area (Å²) in [5, 5.41) is 0. The number of likely N-dealkylation sites (tertiary alicyclic amines) is 1. The maximum Gasteiger partial charge on any atom is 0.234 e.